The molecule has 1 fully saturated rings. The van der Waals surface area contributed by atoms with Gasteiger partial charge >= 0.3 is 0 Å². The highest BCUT2D eigenvalue weighted by atomic mass is 79.9. The number of carbonyl (C=O) groups is 1. The fourth-order valence-electron chi connectivity index (χ4n) is 2.74. The average Bonchev–Trinajstić information content (AvgIpc) is 2.47. The molecule has 1 amide bonds. The summed E-state index contributed by atoms with van der Waals surface area (Å²) < 4.78 is 33.6. The number of nitrogens with two attached hydrogens (primary N) is 1. The maximum atomic E-state index is 12.6. The zero-order valence-electron chi connectivity index (χ0n) is 12.2. The van der Waals surface area contributed by atoms with Gasteiger partial charge in [0.15, 0.2) is 0 Å². The Morgan fingerprint density at radius 3 is 2.68 bits per heavy atom. The Balaban J connectivity index is 2.31. The molecule has 0 bridgehead atoms. The molecule has 0 saturated heterocycles. The molecule has 2 rings (SSSR count). The van der Waals surface area contributed by atoms with Gasteiger partial charge in [-0.3, -0.25) is 4.79 Å². The third kappa shape index (κ3) is 3.80. The Hall–Kier alpha value is -1.12. The Labute approximate surface area is 138 Å². The fraction of sp³-hybridized carbons (Fsp3) is 0.500. The maximum absolute atomic E-state index is 12.6. The van der Waals surface area contributed by atoms with Gasteiger partial charge in [-0.25, -0.2) is 13.1 Å². The first-order valence-corrected chi connectivity index (χ1v) is 9.28. The molecule has 1 aliphatic rings. The first-order valence-electron chi connectivity index (χ1n) is 7.00. The van der Waals surface area contributed by atoms with Crippen LogP contribution < -0.4 is 15.2 Å². The molecule has 0 aliphatic heterocycles. The van der Waals surface area contributed by atoms with Crippen LogP contribution in [0, 0.1) is 5.92 Å². The van der Waals surface area contributed by atoms with E-state index in [9.17, 15) is 13.2 Å². The summed E-state index contributed by atoms with van der Waals surface area (Å²) in [6.45, 7) is 0. The summed E-state index contributed by atoms with van der Waals surface area (Å²) in [4.78, 5) is 11.6. The lowest BCUT2D eigenvalue weighted by Crippen LogP contribution is -2.47. The van der Waals surface area contributed by atoms with Gasteiger partial charge in [0.2, 0.25) is 15.9 Å². The monoisotopic (exact) mass is 390 g/mol. The lowest BCUT2D eigenvalue weighted by Gasteiger charge is -2.29. The summed E-state index contributed by atoms with van der Waals surface area (Å²) in [6, 6.07) is 4.28. The van der Waals surface area contributed by atoms with E-state index in [-0.39, 0.29) is 10.6 Å². The summed E-state index contributed by atoms with van der Waals surface area (Å²) in [5.74, 6) is -0.683. The van der Waals surface area contributed by atoms with Crippen molar-refractivity contribution in [2.24, 2.45) is 11.7 Å². The van der Waals surface area contributed by atoms with Crippen LogP contribution in [0.2, 0.25) is 0 Å². The molecule has 2 atom stereocenters. The number of rotatable bonds is 5. The van der Waals surface area contributed by atoms with Crippen molar-refractivity contribution in [1.82, 2.24) is 4.72 Å². The number of halogens is 1. The molecule has 1 aromatic rings. The Morgan fingerprint density at radius 2 is 2.05 bits per heavy atom. The molecule has 22 heavy (non-hydrogen) atoms. The van der Waals surface area contributed by atoms with Crippen molar-refractivity contribution in [3.05, 3.63) is 22.7 Å². The fourth-order valence-corrected chi connectivity index (χ4v) is 4.75. The third-order valence-corrected chi connectivity index (χ3v) is 5.86. The smallest absolute Gasteiger partial charge is 0.244 e. The average molecular weight is 391 g/mol. The van der Waals surface area contributed by atoms with Crippen LogP contribution in [-0.4, -0.2) is 27.5 Å². The highest BCUT2D eigenvalue weighted by Gasteiger charge is 2.33. The quantitative estimate of drug-likeness (QED) is 0.800. The summed E-state index contributed by atoms with van der Waals surface area (Å²) >= 11 is 3.26. The van der Waals surface area contributed by atoms with Gasteiger partial charge in [0.1, 0.15) is 10.6 Å². The first-order chi connectivity index (χ1) is 10.3. The van der Waals surface area contributed by atoms with Gasteiger partial charge in [0, 0.05) is 10.5 Å². The number of nitrogens with one attached hydrogen (secondary N) is 1. The van der Waals surface area contributed by atoms with Crippen molar-refractivity contribution in [3.8, 4) is 5.75 Å². The molecule has 3 N–H and O–H groups in total. The van der Waals surface area contributed by atoms with E-state index >= 15 is 0 Å². The van der Waals surface area contributed by atoms with Crippen LogP contribution in [-0.2, 0) is 14.8 Å². The predicted molar refractivity (Wildman–Crippen MR) is 86.0 cm³/mol. The van der Waals surface area contributed by atoms with Gasteiger partial charge in [-0.05, 0) is 31.0 Å². The Morgan fingerprint density at radius 1 is 1.36 bits per heavy atom. The summed E-state index contributed by atoms with van der Waals surface area (Å²) in [5, 5.41) is 0. The number of methoxy groups -OCH3 is 1. The molecule has 0 unspecified atom stereocenters. The third-order valence-electron chi connectivity index (χ3n) is 3.85. The van der Waals surface area contributed by atoms with Crippen molar-refractivity contribution in [1.29, 1.82) is 0 Å². The van der Waals surface area contributed by atoms with Crippen molar-refractivity contribution < 1.29 is 17.9 Å². The number of ether oxygens (including phenoxy) is 1. The molecule has 0 radical (unpaired) electrons. The van der Waals surface area contributed by atoms with E-state index in [1.807, 2.05) is 0 Å². The van der Waals surface area contributed by atoms with Crippen LogP contribution >= 0.6 is 15.9 Å². The van der Waals surface area contributed by atoms with Crippen LogP contribution in [0.3, 0.4) is 0 Å². The first kappa shape index (κ1) is 17.2. The number of hydrogen-bond acceptors (Lipinski definition) is 4. The van der Waals surface area contributed by atoms with Crippen LogP contribution in [0.15, 0.2) is 27.6 Å². The van der Waals surface area contributed by atoms with Crippen LogP contribution in [0.25, 0.3) is 0 Å². The molecule has 1 saturated carbocycles. The highest BCUT2D eigenvalue weighted by Crippen LogP contribution is 2.30. The highest BCUT2D eigenvalue weighted by molar-refractivity contribution is 9.10. The number of sulfonamides is 1. The second kappa shape index (κ2) is 6.97. The van der Waals surface area contributed by atoms with Crippen LogP contribution in [0.5, 0.6) is 5.75 Å². The standard InChI is InChI=1S/C14H19BrN2O4S/c1-21-12-7-6-9(15)8-13(12)22(19,20)17-11-5-3-2-4-10(11)14(16)18/h6-8,10-11,17H,2-5H2,1H3,(H2,16,18)/t10-,11-/m0/s1. The van der Waals surface area contributed by atoms with E-state index in [0.717, 1.165) is 12.8 Å². The van der Waals surface area contributed by atoms with Crippen molar-refractivity contribution in [2.75, 3.05) is 7.11 Å². The molecule has 122 valence electrons. The number of carbonyl (C=O) groups excluding carboxylic acids is 1. The van der Waals surface area contributed by atoms with Gasteiger partial charge in [-0.1, -0.05) is 28.8 Å². The van der Waals surface area contributed by atoms with Gasteiger partial charge in [0.05, 0.1) is 13.0 Å². The number of benzene rings is 1. The maximum Gasteiger partial charge on any atom is 0.244 e. The molecule has 0 heterocycles. The number of amides is 1. The summed E-state index contributed by atoms with van der Waals surface area (Å²) in [7, 11) is -2.39. The van der Waals surface area contributed by atoms with Gasteiger partial charge in [-0.2, -0.15) is 0 Å². The predicted octanol–water partition coefficient (Wildman–Crippen LogP) is 1.78. The molecule has 8 heteroatoms. The summed E-state index contributed by atoms with van der Waals surface area (Å²) in [6.07, 6.45) is 2.96. The molecular weight excluding hydrogens is 372 g/mol. The second-order valence-corrected chi connectivity index (χ2v) is 7.91. The van der Waals surface area contributed by atoms with Gasteiger partial charge in [0.25, 0.3) is 0 Å². The minimum Gasteiger partial charge on any atom is -0.495 e. The lowest BCUT2D eigenvalue weighted by atomic mass is 9.85. The van der Waals surface area contributed by atoms with Crippen molar-refractivity contribution >= 4 is 31.9 Å². The van der Waals surface area contributed by atoms with E-state index in [4.69, 9.17) is 10.5 Å². The van der Waals surface area contributed by atoms with Crippen LogP contribution in [0.4, 0.5) is 0 Å². The van der Waals surface area contributed by atoms with Gasteiger partial charge in [-0.15, -0.1) is 0 Å². The lowest BCUT2D eigenvalue weighted by molar-refractivity contribution is -0.123. The van der Waals surface area contributed by atoms with E-state index < -0.39 is 27.9 Å². The van der Waals surface area contributed by atoms with E-state index in [2.05, 4.69) is 20.7 Å². The molecule has 0 spiro atoms. The van der Waals surface area contributed by atoms with E-state index in [1.54, 1.807) is 12.1 Å². The second-order valence-electron chi connectivity index (χ2n) is 5.32. The topological polar surface area (TPSA) is 98.5 Å². The van der Waals surface area contributed by atoms with Gasteiger partial charge < -0.3 is 10.5 Å². The van der Waals surface area contributed by atoms with E-state index in [0.29, 0.717) is 17.3 Å². The van der Waals surface area contributed by atoms with Crippen molar-refractivity contribution in [2.45, 2.75) is 36.6 Å². The molecule has 1 aliphatic carbocycles. The Kier molecular flexibility index (Phi) is 5.46. The molecular formula is C14H19BrN2O4S. The van der Waals surface area contributed by atoms with Crippen molar-refractivity contribution in [3.63, 3.8) is 0 Å². The SMILES string of the molecule is COc1ccc(Br)cc1S(=O)(=O)N[C@H]1CCCC[C@@H]1C(N)=O. The zero-order chi connectivity index (χ0) is 16.3. The molecule has 0 aromatic heterocycles. The minimum atomic E-state index is -3.80. The largest absolute Gasteiger partial charge is 0.495 e. The minimum absolute atomic E-state index is 0.0400. The zero-order valence-corrected chi connectivity index (χ0v) is 14.6. The summed E-state index contributed by atoms with van der Waals surface area (Å²) in [5.41, 5.74) is 5.39. The molecule has 1 aromatic carbocycles. The Bertz CT molecular complexity index is 663. The number of hydrogen-bond donors (Lipinski definition) is 2. The molecule has 6 nitrogen and oxygen atoms in total. The van der Waals surface area contributed by atoms with E-state index in [1.165, 1.54) is 13.2 Å². The normalized spacial score (nSPS) is 22.3. The number of primary amides is 1. The van der Waals surface area contributed by atoms with Crippen LogP contribution in [0.1, 0.15) is 25.7 Å².